The summed E-state index contributed by atoms with van der Waals surface area (Å²) in [4.78, 5) is 2.22. The molecule has 0 aromatic carbocycles. The van der Waals surface area contributed by atoms with E-state index in [-0.39, 0.29) is 0 Å². The van der Waals surface area contributed by atoms with Crippen molar-refractivity contribution in [1.82, 2.24) is 10.2 Å². The van der Waals surface area contributed by atoms with Gasteiger partial charge < -0.3 is 10.2 Å². The maximum atomic E-state index is 3.91. The third kappa shape index (κ3) is 1.15. The molecule has 0 aromatic heterocycles. The normalized spacial score (nSPS) is 19.1. The average molecular weight is 138 g/mol. The van der Waals surface area contributed by atoms with Gasteiger partial charge in [0.25, 0.3) is 0 Å². The predicted octanol–water partition coefficient (Wildman–Crippen LogP) is 0.939. The molecule has 1 fully saturated rings. The van der Waals surface area contributed by atoms with Gasteiger partial charge in [-0.3, -0.25) is 0 Å². The lowest BCUT2D eigenvalue weighted by Crippen LogP contribution is -2.39. The van der Waals surface area contributed by atoms with Crippen molar-refractivity contribution in [3.05, 3.63) is 24.6 Å². The molecule has 1 saturated heterocycles. The van der Waals surface area contributed by atoms with Gasteiger partial charge in [-0.15, -0.1) is 0 Å². The molecule has 0 spiro atoms. The molecule has 0 aliphatic carbocycles. The Balaban J connectivity index is 2.60. The third-order valence-corrected chi connectivity index (χ3v) is 1.83. The lowest BCUT2D eigenvalue weighted by atomic mass is 10.2. The monoisotopic (exact) mass is 138 g/mol. The molecule has 56 valence electrons. The van der Waals surface area contributed by atoms with Crippen LogP contribution in [0.1, 0.15) is 6.92 Å². The molecule has 10 heavy (non-hydrogen) atoms. The van der Waals surface area contributed by atoms with Crippen molar-refractivity contribution in [2.45, 2.75) is 6.92 Å². The van der Waals surface area contributed by atoms with E-state index in [9.17, 15) is 0 Å². The van der Waals surface area contributed by atoms with Gasteiger partial charge in [-0.1, -0.05) is 13.2 Å². The standard InChI is InChI=1S/C8H14N2/c1-4-10-6-5-9-7(2)8(10)3/h9H,2-6H2,1H3. The van der Waals surface area contributed by atoms with Crippen molar-refractivity contribution in [3.8, 4) is 0 Å². The average Bonchev–Trinajstić information content (AvgIpc) is 1.95. The molecular formula is C8H14N2. The lowest BCUT2D eigenvalue weighted by molar-refractivity contribution is 0.341. The Labute approximate surface area is 62.2 Å². The van der Waals surface area contributed by atoms with E-state index in [0.29, 0.717) is 0 Å². The molecule has 0 aromatic rings. The minimum Gasteiger partial charge on any atom is -0.382 e. The third-order valence-electron chi connectivity index (χ3n) is 1.83. The van der Waals surface area contributed by atoms with E-state index in [2.05, 4.69) is 30.3 Å². The van der Waals surface area contributed by atoms with Crippen molar-refractivity contribution >= 4 is 0 Å². The number of nitrogens with zero attached hydrogens (tertiary/aromatic N) is 1. The Bertz CT molecular complexity index is 161. The summed E-state index contributed by atoms with van der Waals surface area (Å²) >= 11 is 0. The van der Waals surface area contributed by atoms with Gasteiger partial charge in [-0.25, -0.2) is 0 Å². The maximum absolute atomic E-state index is 3.91. The van der Waals surface area contributed by atoms with Gasteiger partial charge in [0, 0.05) is 25.3 Å². The summed E-state index contributed by atoms with van der Waals surface area (Å²) in [5, 5.41) is 3.16. The van der Waals surface area contributed by atoms with E-state index in [1.165, 1.54) is 0 Å². The first-order valence-electron chi connectivity index (χ1n) is 3.62. The molecule has 1 heterocycles. The number of hydrogen-bond donors (Lipinski definition) is 1. The molecule has 0 unspecified atom stereocenters. The second-order valence-electron chi connectivity index (χ2n) is 2.43. The molecule has 0 bridgehead atoms. The molecular weight excluding hydrogens is 124 g/mol. The molecule has 1 aliphatic heterocycles. The van der Waals surface area contributed by atoms with E-state index in [4.69, 9.17) is 0 Å². The number of hydrogen-bond acceptors (Lipinski definition) is 2. The summed E-state index contributed by atoms with van der Waals surface area (Å²) in [5.41, 5.74) is 2.00. The van der Waals surface area contributed by atoms with Crippen LogP contribution >= 0.6 is 0 Å². The highest BCUT2D eigenvalue weighted by molar-refractivity contribution is 5.24. The number of nitrogens with one attached hydrogen (secondary N) is 1. The van der Waals surface area contributed by atoms with Crippen LogP contribution in [-0.2, 0) is 0 Å². The summed E-state index contributed by atoms with van der Waals surface area (Å²) in [6.45, 7) is 13.0. The lowest BCUT2D eigenvalue weighted by Gasteiger charge is -2.32. The zero-order valence-corrected chi connectivity index (χ0v) is 6.48. The Hall–Kier alpha value is -0.920. The van der Waals surface area contributed by atoms with Gasteiger partial charge in [0.15, 0.2) is 0 Å². The van der Waals surface area contributed by atoms with Crippen LogP contribution in [0.2, 0.25) is 0 Å². The van der Waals surface area contributed by atoms with E-state index in [1.54, 1.807) is 0 Å². The summed E-state index contributed by atoms with van der Waals surface area (Å²) < 4.78 is 0. The van der Waals surface area contributed by atoms with E-state index < -0.39 is 0 Å². The topological polar surface area (TPSA) is 15.3 Å². The van der Waals surface area contributed by atoms with Crippen molar-refractivity contribution in [2.24, 2.45) is 0 Å². The van der Waals surface area contributed by atoms with E-state index in [1.807, 2.05) is 0 Å². The predicted molar refractivity (Wildman–Crippen MR) is 43.5 cm³/mol. The first kappa shape index (κ1) is 7.19. The van der Waals surface area contributed by atoms with Crippen LogP contribution in [-0.4, -0.2) is 24.5 Å². The SMILES string of the molecule is C=C1NCCN(CC)C1=C. The quantitative estimate of drug-likeness (QED) is 0.580. The number of rotatable bonds is 1. The Morgan fingerprint density at radius 2 is 2.30 bits per heavy atom. The fraction of sp³-hybridized carbons (Fsp3) is 0.500. The first-order chi connectivity index (χ1) is 4.75. The van der Waals surface area contributed by atoms with E-state index in [0.717, 1.165) is 31.0 Å². The minimum absolute atomic E-state index is 0.966. The van der Waals surface area contributed by atoms with Crippen LogP contribution in [0.4, 0.5) is 0 Å². The summed E-state index contributed by atoms with van der Waals surface area (Å²) in [6, 6.07) is 0. The largest absolute Gasteiger partial charge is 0.382 e. The van der Waals surface area contributed by atoms with Crippen LogP contribution in [0.5, 0.6) is 0 Å². The highest BCUT2D eigenvalue weighted by Crippen LogP contribution is 2.11. The van der Waals surface area contributed by atoms with Crippen molar-refractivity contribution in [1.29, 1.82) is 0 Å². The summed E-state index contributed by atoms with van der Waals surface area (Å²) in [7, 11) is 0. The van der Waals surface area contributed by atoms with Gasteiger partial charge in [0.2, 0.25) is 0 Å². The molecule has 0 atom stereocenters. The zero-order valence-electron chi connectivity index (χ0n) is 6.48. The molecule has 2 heteroatoms. The maximum Gasteiger partial charge on any atom is 0.0523 e. The number of piperazine rings is 1. The molecule has 1 aliphatic rings. The molecule has 1 rings (SSSR count). The Kier molecular flexibility index (Phi) is 2.00. The highest BCUT2D eigenvalue weighted by Gasteiger charge is 2.12. The van der Waals surface area contributed by atoms with Crippen LogP contribution < -0.4 is 5.32 Å². The van der Waals surface area contributed by atoms with Crippen LogP contribution in [0, 0.1) is 0 Å². The van der Waals surface area contributed by atoms with Crippen LogP contribution in [0.15, 0.2) is 24.6 Å². The highest BCUT2D eigenvalue weighted by atomic mass is 15.2. The Morgan fingerprint density at radius 3 is 2.80 bits per heavy atom. The van der Waals surface area contributed by atoms with Gasteiger partial charge >= 0.3 is 0 Å². The van der Waals surface area contributed by atoms with Crippen LogP contribution in [0.3, 0.4) is 0 Å². The van der Waals surface area contributed by atoms with Crippen molar-refractivity contribution in [2.75, 3.05) is 19.6 Å². The van der Waals surface area contributed by atoms with E-state index >= 15 is 0 Å². The molecule has 2 nitrogen and oxygen atoms in total. The first-order valence-corrected chi connectivity index (χ1v) is 3.62. The van der Waals surface area contributed by atoms with Crippen LogP contribution in [0.25, 0.3) is 0 Å². The second kappa shape index (κ2) is 2.78. The minimum atomic E-state index is 0.966. The van der Waals surface area contributed by atoms with Gasteiger partial charge in [0.05, 0.1) is 5.70 Å². The zero-order chi connectivity index (χ0) is 7.56. The fourth-order valence-electron chi connectivity index (χ4n) is 1.12. The number of likely N-dealkylation sites (N-methyl/N-ethyl adjacent to an activating group) is 1. The van der Waals surface area contributed by atoms with Crippen molar-refractivity contribution in [3.63, 3.8) is 0 Å². The van der Waals surface area contributed by atoms with Crippen molar-refractivity contribution < 1.29 is 0 Å². The molecule has 1 N–H and O–H groups in total. The summed E-state index contributed by atoms with van der Waals surface area (Å²) in [6.07, 6.45) is 0. The molecule has 0 radical (unpaired) electrons. The molecule has 0 amide bonds. The van der Waals surface area contributed by atoms with Gasteiger partial charge in [0.1, 0.15) is 0 Å². The summed E-state index contributed by atoms with van der Waals surface area (Å²) in [5.74, 6) is 0. The Morgan fingerprint density at radius 1 is 1.60 bits per heavy atom. The fourth-order valence-corrected chi connectivity index (χ4v) is 1.12. The van der Waals surface area contributed by atoms with Gasteiger partial charge in [-0.05, 0) is 6.92 Å². The molecule has 0 saturated carbocycles. The second-order valence-corrected chi connectivity index (χ2v) is 2.43. The smallest absolute Gasteiger partial charge is 0.0523 e. The van der Waals surface area contributed by atoms with Gasteiger partial charge in [-0.2, -0.15) is 0 Å².